The molecular weight excluding hydrogens is 272 g/mol. The van der Waals surface area contributed by atoms with Crippen molar-refractivity contribution in [2.75, 3.05) is 0 Å². The third-order valence-electron chi connectivity index (χ3n) is 3.56. The van der Waals surface area contributed by atoms with Crippen LogP contribution in [0.2, 0.25) is 0 Å². The number of hydrogen-bond donors (Lipinski definition) is 1. The number of ether oxygens (including phenoxy) is 1. The van der Waals surface area contributed by atoms with Gasteiger partial charge in [-0.2, -0.15) is 8.78 Å². The van der Waals surface area contributed by atoms with E-state index < -0.39 is 6.61 Å². The lowest BCUT2D eigenvalue weighted by atomic mass is 10.0. The second-order valence-electron chi connectivity index (χ2n) is 6.06. The minimum atomic E-state index is -2.77. The molecule has 0 fully saturated rings. The van der Waals surface area contributed by atoms with Gasteiger partial charge in [0, 0.05) is 12.1 Å². The van der Waals surface area contributed by atoms with Crippen molar-refractivity contribution in [3.8, 4) is 5.75 Å². The van der Waals surface area contributed by atoms with E-state index in [2.05, 4.69) is 37.7 Å². The summed E-state index contributed by atoms with van der Waals surface area (Å²) in [6, 6.07) is 7.47. The molecule has 1 aromatic carbocycles. The van der Waals surface area contributed by atoms with Crippen LogP contribution in [0.5, 0.6) is 5.75 Å². The standard InChI is InChI=1S/C17H27F2NO/c1-12(2)6-5-7-13(3)20-14(4)15-8-10-16(11-9-15)21-17(18)19/h8-14,17,20H,5-7H2,1-4H3. The molecule has 0 aliphatic carbocycles. The van der Waals surface area contributed by atoms with Crippen molar-refractivity contribution < 1.29 is 13.5 Å². The van der Waals surface area contributed by atoms with Gasteiger partial charge in [0.05, 0.1) is 0 Å². The summed E-state index contributed by atoms with van der Waals surface area (Å²) in [5, 5.41) is 3.54. The fourth-order valence-corrected chi connectivity index (χ4v) is 2.38. The lowest BCUT2D eigenvalue weighted by molar-refractivity contribution is -0.0498. The molecule has 21 heavy (non-hydrogen) atoms. The average molecular weight is 299 g/mol. The highest BCUT2D eigenvalue weighted by Crippen LogP contribution is 2.20. The number of hydrogen-bond acceptors (Lipinski definition) is 2. The molecule has 0 heterocycles. The highest BCUT2D eigenvalue weighted by molar-refractivity contribution is 5.29. The summed E-state index contributed by atoms with van der Waals surface area (Å²) < 4.78 is 28.5. The SMILES string of the molecule is CC(C)CCCC(C)NC(C)c1ccc(OC(F)F)cc1. The number of rotatable bonds is 9. The normalized spacial score (nSPS) is 14.5. The maximum absolute atomic E-state index is 12.1. The lowest BCUT2D eigenvalue weighted by Gasteiger charge is -2.21. The summed E-state index contributed by atoms with van der Waals surface area (Å²) in [6.45, 7) is 5.98. The van der Waals surface area contributed by atoms with Crippen molar-refractivity contribution in [2.24, 2.45) is 5.92 Å². The zero-order valence-corrected chi connectivity index (χ0v) is 13.4. The van der Waals surface area contributed by atoms with Crippen LogP contribution in [-0.4, -0.2) is 12.7 Å². The van der Waals surface area contributed by atoms with Crippen LogP contribution >= 0.6 is 0 Å². The molecule has 1 N–H and O–H groups in total. The Morgan fingerprint density at radius 3 is 2.14 bits per heavy atom. The van der Waals surface area contributed by atoms with E-state index in [1.807, 2.05) is 12.1 Å². The molecule has 0 saturated heterocycles. The predicted octanol–water partition coefficient (Wildman–Crippen LogP) is 5.15. The molecule has 0 spiro atoms. The van der Waals surface area contributed by atoms with Gasteiger partial charge in [-0.25, -0.2) is 0 Å². The average Bonchev–Trinajstić information content (AvgIpc) is 2.38. The third kappa shape index (κ3) is 7.42. The number of alkyl halides is 2. The van der Waals surface area contributed by atoms with Gasteiger partial charge in [0.15, 0.2) is 0 Å². The summed E-state index contributed by atoms with van der Waals surface area (Å²) in [5.41, 5.74) is 1.08. The molecule has 2 atom stereocenters. The minimum Gasteiger partial charge on any atom is -0.435 e. The van der Waals surface area contributed by atoms with E-state index in [1.54, 1.807) is 12.1 Å². The van der Waals surface area contributed by atoms with E-state index in [0.717, 1.165) is 17.9 Å². The first-order valence-corrected chi connectivity index (χ1v) is 7.69. The summed E-state index contributed by atoms with van der Waals surface area (Å²) in [7, 11) is 0. The van der Waals surface area contributed by atoms with E-state index >= 15 is 0 Å². The topological polar surface area (TPSA) is 21.3 Å². The number of halogens is 2. The van der Waals surface area contributed by atoms with Crippen LogP contribution < -0.4 is 10.1 Å². The Hall–Kier alpha value is -1.16. The van der Waals surface area contributed by atoms with Gasteiger partial charge in [-0.15, -0.1) is 0 Å². The van der Waals surface area contributed by atoms with Crippen molar-refractivity contribution in [1.82, 2.24) is 5.32 Å². The molecule has 0 aliphatic rings. The third-order valence-corrected chi connectivity index (χ3v) is 3.56. The summed E-state index contributed by atoms with van der Waals surface area (Å²) in [5.74, 6) is 0.947. The lowest BCUT2D eigenvalue weighted by Crippen LogP contribution is -2.28. The molecule has 0 aliphatic heterocycles. The molecule has 2 unspecified atom stereocenters. The first-order chi connectivity index (χ1) is 9.88. The van der Waals surface area contributed by atoms with E-state index in [4.69, 9.17) is 0 Å². The number of benzene rings is 1. The van der Waals surface area contributed by atoms with Crippen LogP contribution in [0.4, 0.5) is 8.78 Å². The summed E-state index contributed by atoms with van der Waals surface area (Å²) >= 11 is 0. The van der Waals surface area contributed by atoms with E-state index in [9.17, 15) is 8.78 Å². The Bertz CT molecular complexity index is 392. The molecule has 1 aromatic rings. The molecule has 0 bridgehead atoms. The minimum absolute atomic E-state index is 0.194. The molecule has 0 saturated carbocycles. The van der Waals surface area contributed by atoms with Gasteiger partial charge in [0.25, 0.3) is 0 Å². The molecule has 2 nitrogen and oxygen atoms in total. The second-order valence-corrected chi connectivity index (χ2v) is 6.06. The number of nitrogens with one attached hydrogen (secondary N) is 1. The second kappa shape index (κ2) is 8.98. The van der Waals surface area contributed by atoms with Crippen molar-refractivity contribution in [3.05, 3.63) is 29.8 Å². The first-order valence-electron chi connectivity index (χ1n) is 7.69. The fourth-order valence-electron chi connectivity index (χ4n) is 2.38. The zero-order chi connectivity index (χ0) is 15.8. The van der Waals surface area contributed by atoms with Crippen LogP contribution in [0.3, 0.4) is 0 Å². The Balaban J connectivity index is 2.42. The Kier molecular flexibility index (Phi) is 7.65. The monoisotopic (exact) mass is 299 g/mol. The molecule has 0 aromatic heterocycles. The molecule has 0 radical (unpaired) electrons. The van der Waals surface area contributed by atoms with Crippen molar-refractivity contribution >= 4 is 0 Å². The van der Waals surface area contributed by atoms with Crippen molar-refractivity contribution in [3.63, 3.8) is 0 Å². The molecule has 1 rings (SSSR count). The van der Waals surface area contributed by atoms with Crippen LogP contribution in [0.15, 0.2) is 24.3 Å². The smallest absolute Gasteiger partial charge is 0.387 e. The Morgan fingerprint density at radius 1 is 1.00 bits per heavy atom. The van der Waals surface area contributed by atoms with Gasteiger partial charge in [-0.05, 0) is 43.9 Å². The molecule has 4 heteroatoms. The summed E-state index contributed by atoms with van der Waals surface area (Å²) in [6.07, 6.45) is 3.62. The van der Waals surface area contributed by atoms with Crippen molar-refractivity contribution in [1.29, 1.82) is 0 Å². The highest BCUT2D eigenvalue weighted by Gasteiger charge is 2.10. The van der Waals surface area contributed by atoms with Crippen LogP contribution in [-0.2, 0) is 0 Å². The van der Waals surface area contributed by atoms with Gasteiger partial charge in [-0.1, -0.05) is 38.8 Å². The van der Waals surface area contributed by atoms with Gasteiger partial charge in [0.1, 0.15) is 5.75 Å². The molecular formula is C17H27F2NO. The fraction of sp³-hybridized carbons (Fsp3) is 0.647. The van der Waals surface area contributed by atoms with Gasteiger partial charge < -0.3 is 10.1 Å². The van der Waals surface area contributed by atoms with Crippen LogP contribution in [0.1, 0.15) is 58.6 Å². The highest BCUT2D eigenvalue weighted by atomic mass is 19.3. The molecule has 0 amide bonds. The zero-order valence-electron chi connectivity index (χ0n) is 13.4. The van der Waals surface area contributed by atoms with E-state index in [-0.39, 0.29) is 11.8 Å². The maximum atomic E-state index is 12.1. The summed E-state index contributed by atoms with van der Waals surface area (Å²) in [4.78, 5) is 0. The Labute approximate surface area is 126 Å². The van der Waals surface area contributed by atoms with E-state index in [1.165, 1.54) is 12.8 Å². The maximum Gasteiger partial charge on any atom is 0.387 e. The van der Waals surface area contributed by atoms with Crippen molar-refractivity contribution in [2.45, 2.75) is 65.7 Å². The van der Waals surface area contributed by atoms with Crippen LogP contribution in [0, 0.1) is 5.92 Å². The quantitative estimate of drug-likeness (QED) is 0.680. The first kappa shape index (κ1) is 17.9. The van der Waals surface area contributed by atoms with Crippen LogP contribution in [0.25, 0.3) is 0 Å². The van der Waals surface area contributed by atoms with Gasteiger partial charge in [0.2, 0.25) is 0 Å². The van der Waals surface area contributed by atoms with Gasteiger partial charge in [-0.3, -0.25) is 0 Å². The van der Waals surface area contributed by atoms with E-state index in [0.29, 0.717) is 6.04 Å². The molecule has 120 valence electrons. The Morgan fingerprint density at radius 2 is 1.62 bits per heavy atom. The van der Waals surface area contributed by atoms with Gasteiger partial charge >= 0.3 is 6.61 Å². The predicted molar refractivity (Wildman–Crippen MR) is 82.8 cm³/mol. The largest absolute Gasteiger partial charge is 0.435 e.